The van der Waals surface area contributed by atoms with Crippen LogP contribution in [0.15, 0.2) is 84.1 Å². The number of rotatable bonds is 5. The molecule has 146 valence electrons. The Morgan fingerprint density at radius 3 is 2.48 bits per heavy atom. The normalized spacial score (nSPS) is 18.3. The van der Waals surface area contributed by atoms with Gasteiger partial charge in [0, 0.05) is 24.4 Å². The summed E-state index contributed by atoms with van der Waals surface area (Å²) < 4.78 is 13.3. The topological polar surface area (TPSA) is 83.6 Å². The second kappa shape index (κ2) is 7.81. The molecule has 1 aliphatic heterocycles. The van der Waals surface area contributed by atoms with Crippen molar-refractivity contribution in [1.29, 1.82) is 0 Å². The number of pyridine rings is 1. The van der Waals surface area contributed by atoms with Crippen LogP contribution in [0.5, 0.6) is 0 Å². The number of hydrazine groups is 1. The molecule has 0 saturated carbocycles. The van der Waals surface area contributed by atoms with Crippen LogP contribution in [0.25, 0.3) is 0 Å². The van der Waals surface area contributed by atoms with Gasteiger partial charge in [0.25, 0.3) is 0 Å². The van der Waals surface area contributed by atoms with Crippen molar-refractivity contribution in [3.05, 3.63) is 102 Å². The van der Waals surface area contributed by atoms with Crippen LogP contribution < -0.4 is 11.2 Å². The van der Waals surface area contributed by atoms with E-state index in [0.29, 0.717) is 5.84 Å². The molecule has 0 bridgehead atoms. The number of nitrogens with zero attached hydrogens (tertiary/aromatic N) is 3. The van der Waals surface area contributed by atoms with E-state index in [1.807, 2.05) is 36.4 Å². The molecule has 0 radical (unpaired) electrons. The second-order valence-corrected chi connectivity index (χ2v) is 6.89. The van der Waals surface area contributed by atoms with E-state index in [0.717, 1.165) is 16.7 Å². The van der Waals surface area contributed by atoms with E-state index >= 15 is 0 Å². The summed E-state index contributed by atoms with van der Waals surface area (Å²) in [6.07, 6.45) is 3.71. The number of amidine groups is 1. The Morgan fingerprint density at radius 1 is 1.03 bits per heavy atom. The molecular formula is C22H20FN5O. The highest BCUT2D eigenvalue weighted by molar-refractivity contribution is 6.01. The minimum Gasteiger partial charge on any atom is -0.288 e. The Bertz CT molecular complexity index is 1020. The van der Waals surface area contributed by atoms with E-state index < -0.39 is 5.79 Å². The summed E-state index contributed by atoms with van der Waals surface area (Å²) >= 11 is 0. The number of hydrogen-bond acceptors (Lipinski definition) is 5. The van der Waals surface area contributed by atoms with Gasteiger partial charge in [0.05, 0.1) is 6.42 Å². The zero-order chi connectivity index (χ0) is 20.3. The number of aromatic nitrogens is 1. The van der Waals surface area contributed by atoms with Gasteiger partial charge in [-0.25, -0.2) is 14.4 Å². The fourth-order valence-electron chi connectivity index (χ4n) is 3.25. The lowest BCUT2D eigenvalue weighted by molar-refractivity contribution is -0.138. The Labute approximate surface area is 167 Å². The van der Waals surface area contributed by atoms with Crippen LogP contribution in [0.3, 0.4) is 0 Å². The van der Waals surface area contributed by atoms with Gasteiger partial charge in [-0.1, -0.05) is 42.5 Å². The molecule has 0 spiro atoms. The predicted octanol–water partition coefficient (Wildman–Crippen LogP) is 2.41. The fourth-order valence-corrected chi connectivity index (χ4v) is 3.25. The van der Waals surface area contributed by atoms with Crippen molar-refractivity contribution in [1.82, 2.24) is 15.4 Å². The minimum atomic E-state index is -1.35. The molecule has 1 amide bonds. The van der Waals surface area contributed by atoms with Gasteiger partial charge in [-0.3, -0.25) is 20.9 Å². The maximum atomic E-state index is 13.3. The van der Waals surface area contributed by atoms with Crippen LogP contribution in [-0.2, 0) is 17.6 Å². The first kappa shape index (κ1) is 18.8. The molecule has 4 rings (SSSR count). The average molecular weight is 389 g/mol. The minimum absolute atomic E-state index is 0.173. The lowest BCUT2D eigenvalue weighted by atomic mass is 10.1. The van der Waals surface area contributed by atoms with Gasteiger partial charge >= 0.3 is 0 Å². The number of nitrogens with one attached hydrogen (secondary N) is 1. The molecule has 3 aromatic rings. The lowest BCUT2D eigenvalue weighted by Crippen LogP contribution is -2.60. The summed E-state index contributed by atoms with van der Waals surface area (Å²) in [5.41, 5.74) is 12.0. The van der Waals surface area contributed by atoms with E-state index in [1.54, 1.807) is 30.6 Å². The summed E-state index contributed by atoms with van der Waals surface area (Å²) in [7, 11) is 0. The number of hydrogen-bond donors (Lipinski definition) is 2. The Morgan fingerprint density at radius 2 is 1.79 bits per heavy atom. The Balaban J connectivity index is 1.64. The number of nitrogens with two attached hydrogens (primary N) is 1. The smallest absolute Gasteiger partial charge is 0.248 e. The van der Waals surface area contributed by atoms with E-state index in [2.05, 4.69) is 15.4 Å². The fraction of sp³-hybridized carbons (Fsp3) is 0.136. The van der Waals surface area contributed by atoms with E-state index in [9.17, 15) is 9.18 Å². The van der Waals surface area contributed by atoms with Crippen molar-refractivity contribution in [3.8, 4) is 0 Å². The Kier molecular flexibility index (Phi) is 5.05. The predicted molar refractivity (Wildman–Crippen MR) is 108 cm³/mol. The average Bonchev–Trinajstić information content (AvgIpc) is 3.08. The number of halogens is 1. The summed E-state index contributed by atoms with van der Waals surface area (Å²) in [4.78, 5) is 21.8. The highest BCUT2D eigenvalue weighted by atomic mass is 19.1. The molecule has 29 heavy (non-hydrogen) atoms. The van der Waals surface area contributed by atoms with Crippen LogP contribution in [0.1, 0.15) is 16.7 Å². The molecule has 1 aliphatic rings. The van der Waals surface area contributed by atoms with Crippen molar-refractivity contribution < 1.29 is 9.18 Å². The highest BCUT2D eigenvalue weighted by Crippen LogP contribution is 2.24. The first-order valence-corrected chi connectivity index (χ1v) is 9.21. The zero-order valence-electron chi connectivity index (χ0n) is 15.6. The van der Waals surface area contributed by atoms with Gasteiger partial charge < -0.3 is 0 Å². The molecule has 2 heterocycles. The number of benzene rings is 2. The molecule has 7 heteroatoms. The number of carbonyl (C=O) groups is 1. The molecule has 0 saturated heterocycles. The van der Waals surface area contributed by atoms with Crippen molar-refractivity contribution >= 4 is 11.7 Å². The third-order valence-corrected chi connectivity index (χ3v) is 4.67. The number of aliphatic imine (C=N–C) groups is 1. The van der Waals surface area contributed by atoms with Gasteiger partial charge in [0.1, 0.15) is 5.82 Å². The van der Waals surface area contributed by atoms with Crippen molar-refractivity contribution in [2.75, 3.05) is 0 Å². The second-order valence-electron chi connectivity index (χ2n) is 6.89. The van der Waals surface area contributed by atoms with Gasteiger partial charge in [0.2, 0.25) is 11.7 Å². The summed E-state index contributed by atoms with van der Waals surface area (Å²) in [5.74, 6) is -1.44. The van der Waals surface area contributed by atoms with Gasteiger partial charge in [-0.05, 0) is 35.4 Å². The van der Waals surface area contributed by atoms with Crippen LogP contribution in [0.4, 0.5) is 4.39 Å². The summed E-state index contributed by atoms with van der Waals surface area (Å²) in [6.45, 7) is 0. The first-order valence-electron chi connectivity index (χ1n) is 9.21. The molecule has 2 aromatic carbocycles. The Hall–Kier alpha value is -3.58. The van der Waals surface area contributed by atoms with E-state index in [-0.39, 0.29) is 24.6 Å². The van der Waals surface area contributed by atoms with Crippen LogP contribution in [0.2, 0.25) is 0 Å². The molecule has 1 atom stereocenters. The standard InChI is InChI=1S/C22H20FN5O/c23-19-10-8-17(9-11-19)14-22(24)26-21(18-7-4-12-25-15-18)27-28(22)20(29)13-16-5-2-1-3-6-16/h1-12,15H,13-14,24H2,(H,26,27). The van der Waals surface area contributed by atoms with Crippen molar-refractivity contribution in [2.45, 2.75) is 18.6 Å². The maximum absolute atomic E-state index is 13.3. The molecule has 0 fully saturated rings. The van der Waals surface area contributed by atoms with Gasteiger partial charge in [-0.2, -0.15) is 0 Å². The molecular weight excluding hydrogens is 369 g/mol. The van der Waals surface area contributed by atoms with Crippen LogP contribution in [0, 0.1) is 5.82 Å². The SMILES string of the molecule is NC1(Cc2ccc(F)cc2)N=C(c2cccnc2)NN1C(=O)Cc1ccccc1. The largest absolute Gasteiger partial charge is 0.288 e. The molecule has 0 aliphatic carbocycles. The molecule has 1 aromatic heterocycles. The molecule has 6 nitrogen and oxygen atoms in total. The van der Waals surface area contributed by atoms with Gasteiger partial charge in [0.15, 0.2) is 5.84 Å². The summed E-state index contributed by atoms with van der Waals surface area (Å²) in [6, 6.07) is 19.1. The molecule has 3 N–H and O–H groups in total. The third kappa shape index (κ3) is 4.14. The van der Waals surface area contributed by atoms with Crippen LogP contribution >= 0.6 is 0 Å². The van der Waals surface area contributed by atoms with Crippen LogP contribution in [-0.4, -0.2) is 27.5 Å². The third-order valence-electron chi connectivity index (χ3n) is 4.67. The monoisotopic (exact) mass is 389 g/mol. The van der Waals surface area contributed by atoms with E-state index in [4.69, 9.17) is 5.73 Å². The lowest BCUT2D eigenvalue weighted by Gasteiger charge is -2.32. The van der Waals surface area contributed by atoms with Crippen molar-refractivity contribution in [2.24, 2.45) is 10.7 Å². The first-order chi connectivity index (χ1) is 14.0. The number of carbonyl (C=O) groups excluding carboxylic acids is 1. The summed E-state index contributed by atoms with van der Waals surface area (Å²) in [5, 5.41) is 1.35. The number of amides is 1. The van der Waals surface area contributed by atoms with Gasteiger partial charge in [-0.15, -0.1) is 0 Å². The maximum Gasteiger partial charge on any atom is 0.248 e. The quantitative estimate of drug-likeness (QED) is 0.702. The molecule has 1 unspecified atom stereocenters. The van der Waals surface area contributed by atoms with E-state index in [1.165, 1.54) is 17.1 Å². The zero-order valence-corrected chi connectivity index (χ0v) is 15.6. The highest BCUT2D eigenvalue weighted by Gasteiger charge is 2.42. The van der Waals surface area contributed by atoms with Crippen molar-refractivity contribution in [3.63, 3.8) is 0 Å².